The fourth-order valence-corrected chi connectivity index (χ4v) is 5.82. The number of fused-ring (bicyclic) bond motifs is 2. The van der Waals surface area contributed by atoms with Gasteiger partial charge in [0.05, 0.1) is 0 Å². The molecule has 2 unspecified atom stereocenters. The maximum atomic E-state index is 12.6. The molecule has 2 bridgehead atoms. The molecule has 2 saturated carbocycles. The molecule has 2 atom stereocenters. The summed E-state index contributed by atoms with van der Waals surface area (Å²) in [4.78, 5) is 12.5. The Balaban J connectivity index is 1.43. The number of nitrogens with two attached hydrogens (primary N) is 1. The maximum absolute atomic E-state index is 12.6. The molecule has 150 valence electrons. The van der Waals surface area contributed by atoms with Crippen LogP contribution in [-0.4, -0.2) is 50.1 Å². The zero-order valence-corrected chi connectivity index (χ0v) is 15.8. The van der Waals surface area contributed by atoms with Crippen molar-refractivity contribution in [2.45, 2.75) is 56.7 Å². The van der Waals surface area contributed by atoms with Gasteiger partial charge in [-0.15, -0.1) is 0 Å². The molecule has 3 fully saturated rings. The molecule has 1 heterocycles. The van der Waals surface area contributed by atoms with Crippen LogP contribution in [0.25, 0.3) is 0 Å². The standard InChI is InChI=1S/C17H29F2N3O3S/c18-17(19)26(24,25)22-6-4-11(5-7-22)10-21-16(23)14-8-12-2-1-3-13(9-14)15(12)20/h11-15,17H,1-10,20H2,(H,21,23). The Kier molecular flexibility index (Phi) is 6.18. The van der Waals surface area contributed by atoms with Crippen molar-refractivity contribution < 1.29 is 22.0 Å². The number of hydrogen-bond donors (Lipinski definition) is 2. The van der Waals surface area contributed by atoms with Crippen molar-refractivity contribution >= 4 is 15.9 Å². The van der Waals surface area contributed by atoms with Crippen molar-refractivity contribution in [3.63, 3.8) is 0 Å². The molecule has 6 nitrogen and oxygen atoms in total. The Labute approximate surface area is 153 Å². The van der Waals surface area contributed by atoms with E-state index in [0.717, 1.165) is 30.0 Å². The van der Waals surface area contributed by atoms with Crippen LogP contribution >= 0.6 is 0 Å². The Morgan fingerprint density at radius 3 is 2.23 bits per heavy atom. The van der Waals surface area contributed by atoms with Gasteiger partial charge in [-0.25, -0.2) is 8.42 Å². The van der Waals surface area contributed by atoms with Crippen LogP contribution in [-0.2, 0) is 14.8 Å². The Bertz CT molecular complexity index is 594. The molecule has 1 saturated heterocycles. The number of alkyl halides is 2. The zero-order valence-electron chi connectivity index (χ0n) is 14.9. The minimum atomic E-state index is -4.49. The number of carbonyl (C=O) groups excluding carboxylic acids is 1. The minimum Gasteiger partial charge on any atom is -0.356 e. The zero-order chi connectivity index (χ0) is 18.9. The SMILES string of the molecule is NC1C2CCCC1CC(C(=O)NCC1CCN(S(=O)(=O)C(F)F)CC1)C2. The molecule has 0 aromatic carbocycles. The van der Waals surface area contributed by atoms with Crippen molar-refractivity contribution in [2.75, 3.05) is 19.6 Å². The molecule has 0 spiro atoms. The van der Waals surface area contributed by atoms with Crippen molar-refractivity contribution in [2.24, 2.45) is 29.4 Å². The topological polar surface area (TPSA) is 92.5 Å². The monoisotopic (exact) mass is 393 g/mol. The van der Waals surface area contributed by atoms with Gasteiger partial charge in [-0.05, 0) is 56.3 Å². The van der Waals surface area contributed by atoms with Gasteiger partial charge in [-0.2, -0.15) is 13.1 Å². The average molecular weight is 394 g/mol. The van der Waals surface area contributed by atoms with E-state index in [4.69, 9.17) is 5.73 Å². The van der Waals surface area contributed by atoms with E-state index in [1.165, 1.54) is 6.42 Å². The molecule has 1 amide bonds. The third kappa shape index (κ3) is 4.20. The smallest absolute Gasteiger partial charge is 0.350 e. The maximum Gasteiger partial charge on any atom is 0.350 e. The van der Waals surface area contributed by atoms with Crippen molar-refractivity contribution in [1.29, 1.82) is 0 Å². The Morgan fingerprint density at radius 2 is 1.69 bits per heavy atom. The largest absolute Gasteiger partial charge is 0.356 e. The molecule has 0 aromatic heterocycles. The highest BCUT2D eigenvalue weighted by Gasteiger charge is 2.40. The lowest BCUT2D eigenvalue weighted by Crippen LogP contribution is -2.49. The summed E-state index contributed by atoms with van der Waals surface area (Å²) < 4.78 is 49.0. The van der Waals surface area contributed by atoms with Crippen molar-refractivity contribution in [3.05, 3.63) is 0 Å². The third-order valence-corrected chi connectivity index (χ3v) is 8.04. The molecule has 9 heteroatoms. The van der Waals surface area contributed by atoms with E-state index in [1.54, 1.807) is 0 Å². The minimum absolute atomic E-state index is 0.0180. The quantitative estimate of drug-likeness (QED) is 0.741. The van der Waals surface area contributed by atoms with Gasteiger partial charge in [0.25, 0.3) is 10.0 Å². The highest BCUT2D eigenvalue weighted by Crippen LogP contribution is 2.41. The second-order valence-corrected chi connectivity index (χ2v) is 9.99. The van der Waals surface area contributed by atoms with Gasteiger partial charge in [0.2, 0.25) is 5.91 Å². The van der Waals surface area contributed by atoms with Crippen LogP contribution in [0.2, 0.25) is 0 Å². The van der Waals surface area contributed by atoms with Crippen LogP contribution in [0.4, 0.5) is 8.78 Å². The van der Waals surface area contributed by atoms with Gasteiger partial charge in [-0.1, -0.05) is 6.42 Å². The van der Waals surface area contributed by atoms with Gasteiger partial charge in [0.1, 0.15) is 0 Å². The number of piperidine rings is 1. The second-order valence-electron chi connectivity index (χ2n) is 8.09. The summed E-state index contributed by atoms with van der Waals surface area (Å²) in [6, 6.07) is 0.230. The predicted octanol–water partition coefficient (Wildman–Crippen LogP) is 1.52. The van der Waals surface area contributed by atoms with Crippen LogP contribution in [0, 0.1) is 23.7 Å². The summed E-state index contributed by atoms with van der Waals surface area (Å²) in [5, 5.41) is 3.01. The van der Waals surface area contributed by atoms with Crippen LogP contribution in [0.15, 0.2) is 0 Å². The van der Waals surface area contributed by atoms with E-state index >= 15 is 0 Å². The number of nitrogens with zero attached hydrogens (tertiary/aromatic N) is 1. The van der Waals surface area contributed by atoms with E-state index < -0.39 is 15.8 Å². The fourth-order valence-electron chi connectivity index (χ4n) is 4.87. The van der Waals surface area contributed by atoms with E-state index in [9.17, 15) is 22.0 Å². The molecule has 3 N–H and O–H groups in total. The van der Waals surface area contributed by atoms with Gasteiger partial charge in [0.15, 0.2) is 0 Å². The van der Waals surface area contributed by atoms with Crippen LogP contribution < -0.4 is 11.1 Å². The molecule has 3 rings (SSSR count). The first-order valence-corrected chi connectivity index (χ1v) is 11.1. The van der Waals surface area contributed by atoms with Gasteiger partial charge in [-0.3, -0.25) is 4.79 Å². The van der Waals surface area contributed by atoms with Crippen molar-refractivity contribution in [3.8, 4) is 0 Å². The lowest BCUT2D eigenvalue weighted by molar-refractivity contribution is -0.128. The van der Waals surface area contributed by atoms with E-state index in [2.05, 4.69) is 5.32 Å². The highest BCUT2D eigenvalue weighted by molar-refractivity contribution is 7.89. The molecule has 0 aromatic rings. The molecule has 0 radical (unpaired) electrons. The summed E-state index contributed by atoms with van der Waals surface area (Å²) >= 11 is 0. The summed E-state index contributed by atoms with van der Waals surface area (Å²) in [7, 11) is -4.49. The number of hydrogen-bond acceptors (Lipinski definition) is 4. The Hall–Kier alpha value is -0.800. The lowest BCUT2D eigenvalue weighted by atomic mass is 9.65. The number of carbonyl (C=O) groups is 1. The molecule has 1 aliphatic heterocycles. The summed E-state index contributed by atoms with van der Waals surface area (Å²) in [5.74, 6) is -2.26. The normalized spacial score (nSPS) is 34.0. The number of rotatable bonds is 5. The highest BCUT2D eigenvalue weighted by atomic mass is 32.2. The summed E-state index contributed by atoms with van der Waals surface area (Å²) in [6.45, 7) is 0.671. The van der Waals surface area contributed by atoms with Crippen molar-refractivity contribution in [1.82, 2.24) is 9.62 Å². The van der Waals surface area contributed by atoms with Gasteiger partial charge >= 0.3 is 5.76 Å². The molecular formula is C17H29F2N3O3S. The molecule has 26 heavy (non-hydrogen) atoms. The Morgan fingerprint density at radius 1 is 1.12 bits per heavy atom. The molecule has 3 aliphatic rings. The third-order valence-electron chi connectivity index (χ3n) is 6.51. The van der Waals surface area contributed by atoms with Gasteiger partial charge in [0, 0.05) is 31.6 Å². The summed E-state index contributed by atoms with van der Waals surface area (Å²) in [5.41, 5.74) is 6.27. The van der Waals surface area contributed by atoms with E-state index in [1.807, 2.05) is 0 Å². The van der Waals surface area contributed by atoms with E-state index in [-0.39, 0.29) is 36.9 Å². The van der Waals surface area contributed by atoms with Crippen LogP contribution in [0.5, 0.6) is 0 Å². The predicted molar refractivity (Wildman–Crippen MR) is 93.8 cm³/mol. The lowest BCUT2D eigenvalue weighted by Gasteiger charge is -2.43. The fraction of sp³-hybridized carbons (Fsp3) is 0.941. The summed E-state index contributed by atoms with van der Waals surface area (Å²) in [6.07, 6.45) is 6.12. The number of nitrogens with one attached hydrogen (secondary N) is 1. The van der Waals surface area contributed by atoms with Crippen LogP contribution in [0.1, 0.15) is 44.9 Å². The second kappa shape index (κ2) is 8.06. The average Bonchev–Trinajstić information content (AvgIpc) is 2.59. The first-order valence-electron chi connectivity index (χ1n) is 9.59. The number of amides is 1. The number of halogens is 2. The van der Waals surface area contributed by atoms with E-state index in [0.29, 0.717) is 31.2 Å². The first-order chi connectivity index (χ1) is 12.3. The molecular weight excluding hydrogens is 364 g/mol. The number of sulfonamides is 1. The van der Waals surface area contributed by atoms with Gasteiger partial charge < -0.3 is 11.1 Å². The van der Waals surface area contributed by atoms with Crippen LogP contribution in [0.3, 0.4) is 0 Å². The molecule has 2 aliphatic carbocycles. The first kappa shape index (κ1) is 19.9.